The van der Waals surface area contributed by atoms with Crippen molar-refractivity contribution in [2.75, 3.05) is 0 Å². The first-order valence-electron chi connectivity index (χ1n) is 10.9. The maximum Gasteiger partial charge on any atom is 0.335 e. The molecule has 4 aliphatic rings. The fraction of sp³-hybridized carbons (Fsp3) is 0.500. The van der Waals surface area contributed by atoms with Gasteiger partial charge in [-0.1, -0.05) is 28.4 Å². The summed E-state index contributed by atoms with van der Waals surface area (Å²) in [6, 6.07) is 4.78. The topological polar surface area (TPSA) is 126 Å². The van der Waals surface area contributed by atoms with Crippen LogP contribution in [0.4, 0.5) is 5.69 Å². The lowest BCUT2D eigenvalue weighted by Crippen LogP contribution is -2.57. The van der Waals surface area contributed by atoms with E-state index in [0.29, 0.717) is 27.4 Å². The molecular weight excluding hydrogens is 469 g/mol. The minimum atomic E-state index is -0.452. The Labute approximate surface area is 200 Å². The van der Waals surface area contributed by atoms with Gasteiger partial charge in [-0.05, 0) is 74.0 Å². The molecule has 1 heterocycles. The zero-order valence-electron chi connectivity index (χ0n) is 17.7. The van der Waals surface area contributed by atoms with E-state index in [0.717, 1.165) is 38.5 Å². The van der Waals surface area contributed by atoms with Crippen LogP contribution in [0.2, 0.25) is 10.0 Å². The molecule has 174 valence electrons. The van der Waals surface area contributed by atoms with E-state index in [2.05, 4.69) is 10.3 Å². The lowest BCUT2D eigenvalue weighted by atomic mass is 9.46. The minimum Gasteiger partial charge on any atom is -0.380 e. The van der Waals surface area contributed by atoms with Gasteiger partial charge in [0.25, 0.3) is 0 Å². The molecule has 0 amide bonds. The molecule has 2 atom stereocenters. The fourth-order valence-corrected chi connectivity index (χ4v) is 7.23. The molecule has 4 saturated carbocycles. The van der Waals surface area contributed by atoms with E-state index in [1.165, 1.54) is 18.5 Å². The van der Waals surface area contributed by atoms with Gasteiger partial charge in [0.1, 0.15) is 12.4 Å². The molecular formula is C22H23Cl2N5O4. The van der Waals surface area contributed by atoms with Crippen LogP contribution in [0.25, 0.3) is 0 Å². The number of benzene rings is 1. The predicted molar refractivity (Wildman–Crippen MR) is 122 cm³/mol. The molecule has 11 heteroatoms. The Morgan fingerprint density at radius 1 is 1.30 bits per heavy atom. The molecule has 0 saturated heterocycles. The number of oxime groups is 1. The van der Waals surface area contributed by atoms with Crippen molar-refractivity contribution in [2.45, 2.75) is 50.5 Å². The molecule has 1 aromatic heterocycles. The molecule has 2 N–H and O–H groups in total. The van der Waals surface area contributed by atoms with Crippen LogP contribution in [0.5, 0.6) is 0 Å². The van der Waals surface area contributed by atoms with Crippen molar-refractivity contribution in [3.05, 3.63) is 56.3 Å². The van der Waals surface area contributed by atoms with Crippen molar-refractivity contribution in [3.8, 4) is 0 Å². The van der Waals surface area contributed by atoms with Crippen molar-refractivity contribution in [2.24, 2.45) is 28.1 Å². The molecule has 4 aliphatic carbocycles. The average Bonchev–Trinajstić information content (AvgIpc) is 3.22. The van der Waals surface area contributed by atoms with E-state index < -0.39 is 10.9 Å². The molecule has 9 nitrogen and oxygen atoms in total. The Hall–Kier alpha value is -2.65. The van der Waals surface area contributed by atoms with Crippen LogP contribution in [0.15, 0.2) is 35.7 Å². The van der Waals surface area contributed by atoms with Gasteiger partial charge in [-0.15, -0.1) is 0 Å². The number of carbonyl (C=O) groups is 1. The second-order valence-corrected chi connectivity index (χ2v) is 10.7. The maximum absolute atomic E-state index is 12.8. The first kappa shape index (κ1) is 22.2. The highest BCUT2D eigenvalue weighted by molar-refractivity contribution is 6.36. The lowest BCUT2D eigenvalue weighted by Gasteiger charge is -2.61. The van der Waals surface area contributed by atoms with Crippen molar-refractivity contribution < 1.29 is 14.6 Å². The number of hydrogen-bond acceptors (Lipinski definition) is 6. The van der Waals surface area contributed by atoms with Gasteiger partial charge in [0.2, 0.25) is 0 Å². The zero-order valence-corrected chi connectivity index (χ0v) is 19.3. The van der Waals surface area contributed by atoms with Gasteiger partial charge in [0.15, 0.2) is 5.84 Å². The van der Waals surface area contributed by atoms with Gasteiger partial charge in [-0.2, -0.15) is 5.10 Å². The van der Waals surface area contributed by atoms with Crippen LogP contribution in [0, 0.1) is 27.4 Å². The summed E-state index contributed by atoms with van der Waals surface area (Å²) in [5, 5.41) is 20.1. The third kappa shape index (κ3) is 4.08. The maximum atomic E-state index is 12.8. The number of nitrogens with two attached hydrogens (primary N) is 1. The molecule has 0 aliphatic heterocycles. The number of carbonyl (C=O) groups excluding carboxylic acids is 1. The monoisotopic (exact) mass is 491 g/mol. The van der Waals surface area contributed by atoms with Crippen LogP contribution in [-0.2, 0) is 15.2 Å². The summed E-state index contributed by atoms with van der Waals surface area (Å²) < 4.78 is 1.78. The van der Waals surface area contributed by atoms with E-state index >= 15 is 0 Å². The molecule has 4 fully saturated rings. The number of rotatable bonds is 6. The number of nitro groups is 1. The molecule has 0 spiro atoms. The summed E-state index contributed by atoms with van der Waals surface area (Å²) in [5.41, 5.74) is 5.86. The number of halogens is 2. The first-order valence-corrected chi connectivity index (χ1v) is 11.6. The summed E-state index contributed by atoms with van der Waals surface area (Å²) in [7, 11) is 0. The molecule has 33 heavy (non-hydrogen) atoms. The quantitative estimate of drug-likeness (QED) is 0.206. The van der Waals surface area contributed by atoms with Gasteiger partial charge in [-0.25, -0.2) is 4.79 Å². The normalized spacial score (nSPS) is 30.4. The van der Waals surface area contributed by atoms with Crippen molar-refractivity contribution in [1.29, 1.82) is 0 Å². The summed E-state index contributed by atoms with van der Waals surface area (Å²) in [6.07, 6.45) is 8.65. The van der Waals surface area contributed by atoms with Crippen molar-refractivity contribution >= 4 is 40.7 Å². The van der Waals surface area contributed by atoms with Crippen LogP contribution < -0.4 is 5.73 Å². The average molecular weight is 492 g/mol. The molecule has 2 aromatic rings. The predicted octanol–water partition coefficient (Wildman–Crippen LogP) is 4.65. The molecule has 6 rings (SSSR count). The summed E-state index contributed by atoms with van der Waals surface area (Å²) in [6.45, 7) is 0. The molecule has 0 radical (unpaired) electrons. The molecule has 4 bridgehead atoms. The van der Waals surface area contributed by atoms with E-state index in [4.69, 9.17) is 33.8 Å². The highest BCUT2D eigenvalue weighted by atomic mass is 35.5. The van der Waals surface area contributed by atoms with Crippen molar-refractivity contribution in [3.63, 3.8) is 0 Å². The Bertz CT molecular complexity index is 1150. The highest BCUT2D eigenvalue weighted by Gasteiger charge is 2.59. The summed E-state index contributed by atoms with van der Waals surface area (Å²) >= 11 is 12.0. The highest BCUT2D eigenvalue weighted by Crippen LogP contribution is 2.65. The second kappa shape index (κ2) is 7.99. The summed E-state index contributed by atoms with van der Waals surface area (Å²) in [4.78, 5) is 28.7. The van der Waals surface area contributed by atoms with Gasteiger partial charge in [-0.3, -0.25) is 14.8 Å². The molecule has 2 unspecified atom stereocenters. The Morgan fingerprint density at radius 3 is 2.67 bits per heavy atom. The standard InChI is InChI=1S/C22H23Cl2N5O4/c23-15-1-2-17(18(24)4-15)20(25)27-33-19(30)9-21-5-13-3-14(6-21)8-22(7-13,12-21)28-11-16(10-26-28)29(31)32/h1-2,4,10-11,13-14H,3,5-9,12H2,(H2,25,27). The number of aromatic nitrogens is 2. The Kier molecular flexibility index (Phi) is 5.36. The van der Waals surface area contributed by atoms with E-state index in [1.807, 2.05) is 0 Å². The fourth-order valence-electron chi connectivity index (χ4n) is 6.73. The van der Waals surface area contributed by atoms with Gasteiger partial charge in [0.05, 0.1) is 21.9 Å². The Morgan fingerprint density at radius 2 is 2.03 bits per heavy atom. The smallest absolute Gasteiger partial charge is 0.335 e. The SMILES string of the molecule is N/C(=N\OC(=O)CC12CC3CC(C1)CC(n1cc([N+](=O)[O-])cn1)(C3)C2)c1ccc(Cl)cc1Cl. The minimum absolute atomic E-state index is 0.00384. The third-order valence-corrected chi connectivity index (χ3v) is 7.94. The number of amidine groups is 1. The van der Waals surface area contributed by atoms with Crippen molar-refractivity contribution in [1.82, 2.24) is 9.78 Å². The van der Waals surface area contributed by atoms with E-state index in [-0.39, 0.29) is 28.9 Å². The van der Waals surface area contributed by atoms with Gasteiger partial charge < -0.3 is 10.6 Å². The number of nitrogens with zero attached hydrogens (tertiary/aromatic N) is 4. The van der Waals surface area contributed by atoms with Crippen LogP contribution in [0.3, 0.4) is 0 Å². The first-order chi connectivity index (χ1) is 15.7. The van der Waals surface area contributed by atoms with Crippen LogP contribution in [-0.4, -0.2) is 26.5 Å². The largest absolute Gasteiger partial charge is 0.380 e. The van der Waals surface area contributed by atoms with Crippen LogP contribution in [0.1, 0.15) is 50.5 Å². The van der Waals surface area contributed by atoms with Gasteiger partial charge >= 0.3 is 11.7 Å². The molecule has 1 aromatic carbocycles. The van der Waals surface area contributed by atoms with E-state index in [9.17, 15) is 14.9 Å². The Balaban J connectivity index is 1.33. The van der Waals surface area contributed by atoms with Gasteiger partial charge in [0, 0.05) is 10.6 Å². The zero-order chi connectivity index (χ0) is 23.4. The van der Waals surface area contributed by atoms with Crippen LogP contribution >= 0.6 is 23.2 Å². The lowest BCUT2D eigenvalue weighted by molar-refractivity contribution is -0.385. The number of hydrogen-bond donors (Lipinski definition) is 1. The second-order valence-electron chi connectivity index (χ2n) is 9.83. The van der Waals surface area contributed by atoms with E-state index in [1.54, 1.807) is 16.8 Å². The third-order valence-electron chi connectivity index (χ3n) is 7.39. The summed E-state index contributed by atoms with van der Waals surface area (Å²) in [5.74, 6) is 0.468.